The summed E-state index contributed by atoms with van der Waals surface area (Å²) < 4.78 is 0. The van der Waals surface area contributed by atoms with Gasteiger partial charge in [0.1, 0.15) is 0 Å². The van der Waals surface area contributed by atoms with Gasteiger partial charge in [-0.25, -0.2) is 0 Å². The zero-order valence-corrected chi connectivity index (χ0v) is 81.8. The molecule has 0 amide bonds. The highest BCUT2D eigenvalue weighted by atomic mass is 15.1. The summed E-state index contributed by atoms with van der Waals surface area (Å²) in [6.45, 7) is 9.57. The van der Waals surface area contributed by atoms with Crippen molar-refractivity contribution in [1.82, 2.24) is 0 Å². The minimum atomic E-state index is -0.776. The molecule has 24 aromatic carbocycles. The first-order valence-electron chi connectivity index (χ1n) is 50.6. The lowest BCUT2D eigenvalue weighted by atomic mass is 9.62. The maximum atomic E-state index is 2.55. The Hall–Kier alpha value is -17.4. The largest absolute Gasteiger partial charge is 0.344 e. The topological polar surface area (TPSA) is 13.0 Å². The molecule has 4 heterocycles. The van der Waals surface area contributed by atoms with Gasteiger partial charge in [-0.05, 0) is 287 Å². The summed E-state index contributed by atoms with van der Waals surface area (Å²) in [5.41, 5.74) is 39.5. The SMILES string of the molecule is CN1c2ccccc2C(C)(C)c2cccc(-c3cccc4c(-c5ccc6cc7cc(-c8ccc(C9(c%10ccccc%10)c%10ccccc%10N(C)c%10c(-c%11cccc%12c(-c%13ccc%14cc%15ccccc%15cc%14c%13)c%13cccc(-c%14cccc%15c%14N(C)c%14ccccc%14C%15(c%14ccccc%14)c%14ccccc%14)c%13cc%11%12)cccc%109)cc8)ccc7cc6c5)c5cccc(-c6cccc7c6N(C)c6ccccc6C7(C)C)c5cc34)c21. The Bertz CT molecular complexity index is 9330. The number of hydrogen-bond donors (Lipinski definition) is 0. The number of benzene rings is 24. The van der Waals surface area contributed by atoms with Crippen molar-refractivity contribution in [2.75, 3.05) is 47.8 Å². The predicted octanol–water partition coefficient (Wildman–Crippen LogP) is 36.3. The van der Waals surface area contributed by atoms with Gasteiger partial charge in [0.05, 0.1) is 33.6 Å². The highest BCUT2D eigenvalue weighted by Crippen LogP contribution is 2.64. The molecule has 4 heteroatoms. The van der Waals surface area contributed by atoms with Gasteiger partial charge in [-0.3, -0.25) is 0 Å². The monoisotopic (exact) mass is 1840 g/mol. The molecule has 0 radical (unpaired) electrons. The second-order valence-electron chi connectivity index (χ2n) is 41.4. The maximum Gasteiger partial charge on any atom is 0.0742 e. The van der Waals surface area contributed by atoms with Crippen molar-refractivity contribution < 1.29 is 0 Å². The molecule has 4 aliphatic heterocycles. The smallest absolute Gasteiger partial charge is 0.0742 e. The highest BCUT2D eigenvalue weighted by molar-refractivity contribution is 6.24. The Labute approximate surface area is 840 Å². The summed E-state index contributed by atoms with van der Waals surface area (Å²) in [5, 5.41) is 19.3. The average Bonchev–Trinajstić information content (AvgIpc) is 0.697. The molecule has 0 saturated heterocycles. The molecule has 0 aliphatic carbocycles. The van der Waals surface area contributed by atoms with E-state index in [4.69, 9.17) is 0 Å². The van der Waals surface area contributed by atoms with E-state index in [1.54, 1.807) is 0 Å². The molecule has 0 N–H and O–H groups in total. The number of para-hydroxylation sites is 8. The minimum Gasteiger partial charge on any atom is -0.344 e. The first-order valence-corrected chi connectivity index (χ1v) is 50.6. The van der Waals surface area contributed by atoms with Crippen LogP contribution in [0.4, 0.5) is 45.5 Å². The van der Waals surface area contributed by atoms with Gasteiger partial charge >= 0.3 is 0 Å². The van der Waals surface area contributed by atoms with E-state index in [1.165, 1.54) is 248 Å². The Morgan fingerprint density at radius 1 is 0.153 bits per heavy atom. The van der Waals surface area contributed by atoms with E-state index in [0.29, 0.717) is 0 Å². The lowest BCUT2D eigenvalue weighted by Crippen LogP contribution is -2.38. The summed E-state index contributed by atoms with van der Waals surface area (Å²) in [6, 6.07) is 181. The fourth-order valence-corrected chi connectivity index (χ4v) is 26.8. The summed E-state index contributed by atoms with van der Waals surface area (Å²) in [6.07, 6.45) is 0. The summed E-state index contributed by atoms with van der Waals surface area (Å²) in [4.78, 5) is 9.86. The molecule has 682 valence electrons. The minimum absolute atomic E-state index is 0.229. The number of hydrogen-bond acceptors (Lipinski definition) is 4. The molecule has 0 fully saturated rings. The number of anilines is 8. The molecule has 4 nitrogen and oxygen atoms in total. The lowest BCUT2D eigenvalue weighted by molar-refractivity contribution is 0.630. The van der Waals surface area contributed by atoms with Gasteiger partial charge in [0.2, 0.25) is 0 Å². The normalized spacial score (nSPS) is 15.1. The lowest BCUT2D eigenvalue weighted by Gasteiger charge is -2.46. The molecule has 0 saturated carbocycles. The molecule has 4 aliphatic rings. The average molecular weight is 1840 g/mol. The highest BCUT2D eigenvalue weighted by Gasteiger charge is 2.49. The standard InChI is InChI=1S/C140H102N4/c1-137(2)119-56-20-24-64-127(119)141(5)133-111(52-32-60-123(133)137)103-44-28-48-107-115(103)85-116-104(112-53-33-61-124-134(112)142(6)128-65-25-21-57-120(128)138(124,3)4)45-29-49-108(116)132(107)95-73-71-93-81-96-80-90(68-69-92(96)82-98(93)84-95)87-74-76-102(77-75-87)140(101-42-16-11-17-43-101)122-59-23-27-67-130(122)144(8)136-114(55-35-63-126(136)140)106-47-31-51-110-118(106)86-117-105(46-30-50-109(117)131(110)94-72-70-91-78-88-36-18-19-37-89(88)79-97(91)83-94)113-54-34-62-125-135(113)143(7)129-66-26-22-58-121(129)139(125,99-38-12-9-13-39-99)100-40-14-10-15-41-100/h9-86H,1-8H3. The molecular weight excluding hydrogens is 1740 g/mol. The van der Waals surface area contributed by atoms with E-state index >= 15 is 0 Å². The van der Waals surface area contributed by atoms with E-state index < -0.39 is 10.8 Å². The van der Waals surface area contributed by atoms with Gasteiger partial charge in [-0.1, -0.05) is 422 Å². The zero-order chi connectivity index (χ0) is 96.3. The van der Waals surface area contributed by atoms with Gasteiger partial charge in [-0.2, -0.15) is 0 Å². The third-order valence-corrected chi connectivity index (χ3v) is 33.4. The molecule has 144 heavy (non-hydrogen) atoms. The van der Waals surface area contributed by atoms with Crippen LogP contribution in [0.2, 0.25) is 0 Å². The van der Waals surface area contributed by atoms with Crippen LogP contribution in [0.3, 0.4) is 0 Å². The summed E-state index contributed by atoms with van der Waals surface area (Å²) >= 11 is 0. The maximum absolute atomic E-state index is 2.55. The van der Waals surface area contributed by atoms with Crippen LogP contribution in [-0.2, 0) is 21.7 Å². The van der Waals surface area contributed by atoms with Crippen molar-refractivity contribution in [2.24, 2.45) is 0 Å². The van der Waals surface area contributed by atoms with Gasteiger partial charge in [-0.15, -0.1) is 0 Å². The summed E-state index contributed by atoms with van der Waals surface area (Å²) in [7, 11) is 9.10. The zero-order valence-electron chi connectivity index (χ0n) is 81.8. The fourth-order valence-electron chi connectivity index (χ4n) is 26.8. The number of rotatable bonds is 11. The first-order chi connectivity index (χ1) is 70.6. The Balaban J connectivity index is 0.591. The van der Waals surface area contributed by atoms with E-state index in [0.717, 1.165) is 27.9 Å². The number of nitrogens with zero attached hydrogens (tertiary/aromatic N) is 4. The van der Waals surface area contributed by atoms with Gasteiger partial charge in [0.25, 0.3) is 0 Å². The molecule has 0 bridgehead atoms. The van der Waals surface area contributed by atoms with Crippen molar-refractivity contribution in [3.05, 3.63) is 540 Å². The number of fused-ring (bicyclic) bond motifs is 16. The van der Waals surface area contributed by atoms with Crippen LogP contribution >= 0.6 is 0 Å². The van der Waals surface area contributed by atoms with Gasteiger partial charge in [0.15, 0.2) is 0 Å². The van der Waals surface area contributed by atoms with Crippen molar-refractivity contribution in [3.8, 4) is 77.9 Å². The van der Waals surface area contributed by atoms with Crippen LogP contribution in [0.5, 0.6) is 0 Å². The molecular formula is C140H102N4. The third kappa shape index (κ3) is 12.2. The fraction of sp³-hybridized carbons (Fsp3) is 0.0857. The third-order valence-electron chi connectivity index (χ3n) is 33.4. The molecule has 0 spiro atoms. The Morgan fingerprint density at radius 2 is 0.396 bits per heavy atom. The van der Waals surface area contributed by atoms with Crippen molar-refractivity contribution in [2.45, 2.75) is 49.4 Å². The van der Waals surface area contributed by atoms with Crippen LogP contribution in [0.1, 0.15) is 94.5 Å². The summed E-state index contributed by atoms with van der Waals surface area (Å²) in [5.74, 6) is 0. The second kappa shape index (κ2) is 32.0. The van der Waals surface area contributed by atoms with Crippen LogP contribution in [0.25, 0.3) is 164 Å². The van der Waals surface area contributed by atoms with Crippen LogP contribution < -0.4 is 19.6 Å². The quantitative estimate of drug-likeness (QED) is 0.120. The first kappa shape index (κ1) is 84.6. The van der Waals surface area contributed by atoms with E-state index in [1.807, 2.05) is 0 Å². The van der Waals surface area contributed by atoms with Crippen LogP contribution in [0, 0.1) is 0 Å². The molecule has 1 atom stereocenters. The Morgan fingerprint density at radius 3 is 0.750 bits per heavy atom. The van der Waals surface area contributed by atoms with Crippen molar-refractivity contribution >= 4 is 132 Å². The van der Waals surface area contributed by atoms with Crippen LogP contribution in [0.15, 0.2) is 473 Å². The van der Waals surface area contributed by atoms with E-state index in [2.05, 4.69) is 549 Å². The van der Waals surface area contributed by atoms with E-state index in [-0.39, 0.29) is 10.8 Å². The van der Waals surface area contributed by atoms with Crippen molar-refractivity contribution in [1.29, 1.82) is 0 Å². The molecule has 28 rings (SSSR count). The molecule has 24 aromatic rings. The van der Waals surface area contributed by atoms with Gasteiger partial charge < -0.3 is 19.6 Å². The van der Waals surface area contributed by atoms with Crippen molar-refractivity contribution in [3.63, 3.8) is 0 Å². The Kier molecular flexibility index (Phi) is 18.8. The van der Waals surface area contributed by atoms with Crippen LogP contribution in [-0.4, -0.2) is 28.2 Å². The van der Waals surface area contributed by atoms with E-state index in [9.17, 15) is 0 Å². The molecule has 0 aromatic heterocycles. The predicted molar refractivity (Wildman–Crippen MR) is 611 cm³/mol. The molecule has 1 unspecified atom stereocenters. The second-order valence-corrected chi connectivity index (χ2v) is 41.4. The van der Waals surface area contributed by atoms with Gasteiger partial charge in [0, 0.05) is 84.0 Å².